The molecule has 0 radical (unpaired) electrons. The van der Waals surface area contributed by atoms with E-state index in [1.807, 2.05) is 18.2 Å². The van der Waals surface area contributed by atoms with E-state index in [9.17, 15) is 5.11 Å². The predicted octanol–water partition coefficient (Wildman–Crippen LogP) is 3.24. The van der Waals surface area contributed by atoms with Crippen LogP contribution in [0.15, 0.2) is 36.5 Å². The van der Waals surface area contributed by atoms with E-state index in [1.54, 1.807) is 0 Å². The zero-order valence-electron chi connectivity index (χ0n) is 10.7. The van der Waals surface area contributed by atoms with Gasteiger partial charge in [-0.1, -0.05) is 43.2 Å². The summed E-state index contributed by atoms with van der Waals surface area (Å²) in [6.07, 6.45) is 10.0. The number of nitrogens with zero attached hydrogens (tertiary/aromatic N) is 1. The third-order valence-electron chi connectivity index (χ3n) is 4.35. The minimum absolute atomic E-state index is 0.280. The predicted molar refractivity (Wildman–Crippen MR) is 73.7 cm³/mol. The summed E-state index contributed by atoms with van der Waals surface area (Å²) in [5.74, 6) is 0.703. The van der Waals surface area contributed by atoms with Gasteiger partial charge in [0.25, 0.3) is 0 Å². The van der Waals surface area contributed by atoms with Gasteiger partial charge in [-0.2, -0.15) is 0 Å². The summed E-state index contributed by atoms with van der Waals surface area (Å²) >= 11 is 0. The summed E-state index contributed by atoms with van der Waals surface area (Å²) in [5, 5.41) is 10.2. The Kier molecular flexibility index (Phi) is 3.37. The Morgan fingerprint density at radius 2 is 1.89 bits per heavy atom. The van der Waals surface area contributed by atoms with Crippen LogP contribution in [0.2, 0.25) is 0 Å². The average molecular weight is 243 g/mol. The summed E-state index contributed by atoms with van der Waals surface area (Å²) in [4.78, 5) is 2.18. The Balaban J connectivity index is 1.73. The molecule has 2 nitrogen and oxygen atoms in total. The SMILES string of the molecule is OC1CC2CCCCC2N1C=Cc1ccccc1. The first-order valence-electron chi connectivity index (χ1n) is 7.03. The maximum atomic E-state index is 10.2. The second-order valence-corrected chi connectivity index (χ2v) is 5.50. The molecule has 1 aromatic rings. The molecule has 1 aliphatic carbocycles. The minimum atomic E-state index is -0.280. The molecule has 1 aromatic carbocycles. The maximum Gasteiger partial charge on any atom is 0.127 e. The quantitative estimate of drug-likeness (QED) is 0.862. The van der Waals surface area contributed by atoms with Crippen molar-refractivity contribution >= 4 is 6.08 Å². The van der Waals surface area contributed by atoms with E-state index in [2.05, 4.69) is 29.3 Å². The molecule has 2 heteroatoms. The van der Waals surface area contributed by atoms with Crippen LogP contribution in [0.4, 0.5) is 0 Å². The van der Waals surface area contributed by atoms with Crippen molar-refractivity contribution in [2.75, 3.05) is 0 Å². The van der Waals surface area contributed by atoms with Crippen molar-refractivity contribution in [2.24, 2.45) is 5.92 Å². The number of hydrogen-bond donors (Lipinski definition) is 1. The number of likely N-dealkylation sites (tertiary alicyclic amines) is 1. The van der Waals surface area contributed by atoms with Crippen LogP contribution in [0.3, 0.4) is 0 Å². The molecule has 0 spiro atoms. The van der Waals surface area contributed by atoms with Crippen LogP contribution >= 0.6 is 0 Å². The number of benzene rings is 1. The Hall–Kier alpha value is -1.28. The fourth-order valence-electron chi connectivity index (χ4n) is 3.42. The highest BCUT2D eigenvalue weighted by atomic mass is 16.3. The van der Waals surface area contributed by atoms with Crippen LogP contribution in [-0.4, -0.2) is 22.3 Å². The van der Waals surface area contributed by atoms with Gasteiger partial charge in [-0.25, -0.2) is 0 Å². The zero-order valence-corrected chi connectivity index (χ0v) is 10.7. The van der Waals surface area contributed by atoms with Gasteiger partial charge in [0.05, 0.1) is 0 Å². The van der Waals surface area contributed by atoms with Crippen molar-refractivity contribution in [1.29, 1.82) is 0 Å². The lowest BCUT2D eigenvalue weighted by Gasteiger charge is -2.31. The first-order valence-corrected chi connectivity index (χ1v) is 7.03. The largest absolute Gasteiger partial charge is 0.374 e. The van der Waals surface area contributed by atoms with E-state index in [0.717, 1.165) is 6.42 Å². The first-order chi connectivity index (χ1) is 8.84. The highest BCUT2D eigenvalue weighted by molar-refractivity contribution is 5.48. The third kappa shape index (κ3) is 2.30. The van der Waals surface area contributed by atoms with Crippen molar-refractivity contribution in [3.8, 4) is 0 Å². The number of aliphatic hydroxyl groups excluding tert-OH is 1. The van der Waals surface area contributed by atoms with E-state index in [0.29, 0.717) is 12.0 Å². The topological polar surface area (TPSA) is 23.5 Å². The molecule has 3 atom stereocenters. The monoisotopic (exact) mass is 243 g/mol. The maximum absolute atomic E-state index is 10.2. The van der Waals surface area contributed by atoms with Crippen LogP contribution < -0.4 is 0 Å². The van der Waals surface area contributed by atoms with Gasteiger partial charge in [-0.15, -0.1) is 0 Å². The van der Waals surface area contributed by atoms with Crippen molar-refractivity contribution in [3.63, 3.8) is 0 Å². The molecule has 0 bridgehead atoms. The smallest absolute Gasteiger partial charge is 0.127 e. The summed E-state index contributed by atoms with van der Waals surface area (Å²) in [5.41, 5.74) is 1.20. The second-order valence-electron chi connectivity index (χ2n) is 5.50. The molecule has 3 unspecified atom stereocenters. The molecular formula is C16H21NO. The number of hydrogen-bond acceptors (Lipinski definition) is 2. The standard InChI is InChI=1S/C16H21NO/c18-16-12-14-8-4-5-9-15(14)17(16)11-10-13-6-2-1-3-7-13/h1-3,6-7,10-11,14-16,18H,4-5,8-9,12H2. The van der Waals surface area contributed by atoms with Gasteiger partial charge in [0.1, 0.15) is 6.23 Å². The van der Waals surface area contributed by atoms with Crippen molar-refractivity contribution in [2.45, 2.75) is 44.4 Å². The third-order valence-corrected chi connectivity index (χ3v) is 4.35. The molecule has 0 aromatic heterocycles. The van der Waals surface area contributed by atoms with E-state index in [-0.39, 0.29) is 6.23 Å². The number of fused-ring (bicyclic) bond motifs is 1. The van der Waals surface area contributed by atoms with Crippen LogP contribution in [-0.2, 0) is 0 Å². The molecule has 1 heterocycles. The molecular weight excluding hydrogens is 222 g/mol. The zero-order chi connectivity index (χ0) is 12.4. The number of rotatable bonds is 2. The van der Waals surface area contributed by atoms with Gasteiger partial charge in [0.2, 0.25) is 0 Å². The second kappa shape index (κ2) is 5.15. The lowest BCUT2D eigenvalue weighted by molar-refractivity contribution is 0.0515. The van der Waals surface area contributed by atoms with Crippen LogP contribution in [0.1, 0.15) is 37.7 Å². The Bertz CT molecular complexity index is 414. The lowest BCUT2D eigenvalue weighted by Crippen LogP contribution is -2.34. The lowest BCUT2D eigenvalue weighted by atomic mass is 9.85. The Morgan fingerprint density at radius 3 is 2.72 bits per heavy atom. The van der Waals surface area contributed by atoms with Gasteiger partial charge in [0.15, 0.2) is 0 Å². The Morgan fingerprint density at radius 1 is 1.11 bits per heavy atom. The van der Waals surface area contributed by atoms with E-state index in [4.69, 9.17) is 0 Å². The molecule has 1 saturated heterocycles. The highest BCUT2D eigenvalue weighted by Gasteiger charge is 2.39. The van der Waals surface area contributed by atoms with Gasteiger partial charge in [0, 0.05) is 12.2 Å². The van der Waals surface area contributed by atoms with Gasteiger partial charge in [-0.3, -0.25) is 0 Å². The summed E-state index contributed by atoms with van der Waals surface area (Å²) in [6.45, 7) is 0. The first kappa shape index (κ1) is 11.8. The van der Waals surface area contributed by atoms with Gasteiger partial charge < -0.3 is 10.0 Å². The molecule has 96 valence electrons. The van der Waals surface area contributed by atoms with Gasteiger partial charge >= 0.3 is 0 Å². The normalized spacial score (nSPS) is 31.8. The fourth-order valence-corrected chi connectivity index (χ4v) is 3.42. The summed E-state index contributed by atoms with van der Waals surface area (Å²) in [7, 11) is 0. The van der Waals surface area contributed by atoms with Crippen molar-refractivity contribution in [1.82, 2.24) is 4.90 Å². The Labute approximate surface area is 109 Å². The van der Waals surface area contributed by atoms with E-state index in [1.165, 1.54) is 31.2 Å². The highest BCUT2D eigenvalue weighted by Crippen LogP contribution is 2.39. The average Bonchev–Trinajstić information content (AvgIpc) is 2.73. The van der Waals surface area contributed by atoms with Crippen LogP contribution in [0.25, 0.3) is 6.08 Å². The molecule has 2 fully saturated rings. The van der Waals surface area contributed by atoms with E-state index < -0.39 is 0 Å². The van der Waals surface area contributed by atoms with Crippen LogP contribution in [0, 0.1) is 5.92 Å². The molecule has 1 N–H and O–H groups in total. The minimum Gasteiger partial charge on any atom is -0.374 e. The molecule has 0 amide bonds. The molecule has 1 saturated carbocycles. The number of aliphatic hydroxyl groups is 1. The fraction of sp³-hybridized carbons (Fsp3) is 0.500. The van der Waals surface area contributed by atoms with Crippen molar-refractivity contribution < 1.29 is 5.11 Å². The molecule has 1 aliphatic heterocycles. The van der Waals surface area contributed by atoms with E-state index >= 15 is 0 Å². The molecule has 18 heavy (non-hydrogen) atoms. The van der Waals surface area contributed by atoms with Crippen LogP contribution in [0.5, 0.6) is 0 Å². The molecule has 2 aliphatic rings. The summed E-state index contributed by atoms with van der Waals surface area (Å²) in [6, 6.07) is 10.9. The van der Waals surface area contributed by atoms with Gasteiger partial charge in [-0.05, 0) is 36.8 Å². The molecule has 3 rings (SSSR count). The van der Waals surface area contributed by atoms with Crippen molar-refractivity contribution in [3.05, 3.63) is 42.1 Å². The summed E-state index contributed by atoms with van der Waals surface area (Å²) < 4.78 is 0.